The van der Waals surface area contributed by atoms with Gasteiger partial charge in [-0.15, -0.1) is 0 Å². The monoisotopic (exact) mass is 289 g/mol. The molecule has 0 amide bonds. The highest BCUT2D eigenvalue weighted by Gasteiger charge is 2.27. The van der Waals surface area contributed by atoms with Crippen LogP contribution in [0, 0.1) is 0 Å². The van der Waals surface area contributed by atoms with Gasteiger partial charge < -0.3 is 20.3 Å². The summed E-state index contributed by atoms with van der Waals surface area (Å²) in [5, 5.41) is 28.9. The molecule has 1 heterocycles. The van der Waals surface area contributed by atoms with Gasteiger partial charge in [0.05, 0.1) is 5.69 Å². The number of carbonyl (C=O) groups excluding carboxylic acids is 1. The van der Waals surface area contributed by atoms with E-state index in [-0.39, 0.29) is 5.78 Å². The number of hydrogen-bond donors (Lipinski definition) is 4. The van der Waals surface area contributed by atoms with Crippen molar-refractivity contribution in [1.29, 1.82) is 0 Å². The van der Waals surface area contributed by atoms with Gasteiger partial charge in [-0.3, -0.25) is 4.79 Å². The van der Waals surface area contributed by atoms with Crippen LogP contribution in [0.15, 0.2) is 18.2 Å². The van der Waals surface area contributed by atoms with Crippen molar-refractivity contribution >= 4 is 22.7 Å². The van der Waals surface area contributed by atoms with Crippen molar-refractivity contribution in [2.75, 3.05) is 0 Å². The standard InChI is InChI=1S/C15H15NO5/c17-11-3-1-2-8-9-6-7(13(18)14(19)15(20)21)4-5-10(9)16-12(8)11/h4-6,13-14,16,18-19H,1-3H2,(H,20,21). The van der Waals surface area contributed by atoms with Crippen LogP contribution < -0.4 is 0 Å². The molecule has 4 N–H and O–H groups in total. The third kappa shape index (κ3) is 2.22. The van der Waals surface area contributed by atoms with Crippen molar-refractivity contribution in [1.82, 2.24) is 4.98 Å². The lowest BCUT2D eigenvalue weighted by molar-refractivity contribution is -0.153. The topological polar surface area (TPSA) is 111 Å². The second-order valence-corrected chi connectivity index (χ2v) is 5.29. The average molecular weight is 289 g/mol. The highest BCUT2D eigenvalue weighted by molar-refractivity contribution is 6.03. The molecular weight excluding hydrogens is 274 g/mol. The number of aromatic nitrogens is 1. The zero-order chi connectivity index (χ0) is 15.1. The zero-order valence-corrected chi connectivity index (χ0v) is 11.2. The number of aromatic amines is 1. The van der Waals surface area contributed by atoms with Crippen LogP contribution in [0.4, 0.5) is 0 Å². The molecule has 0 bridgehead atoms. The molecule has 2 atom stereocenters. The van der Waals surface area contributed by atoms with Crippen molar-refractivity contribution in [3.8, 4) is 0 Å². The Hall–Kier alpha value is -2.18. The molecule has 2 unspecified atom stereocenters. The van der Waals surface area contributed by atoms with Crippen LogP contribution in [-0.4, -0.2) is 38.2 Å². The van der Waals surface area contributed by atoms with Crippen molar-refractivity contribution < 1.29 is 24.9 Å². The number of carboxylic acids is 1. The van der Waals surface area contributed by atoms with E-state index in [4.69, 9.17) is 5.11 Å². The molecule has 1 aromatic heterocycles. The molecule has 0 radical (unpaired) electrons. The van der Waals surface area contributed by atoms with E-state index in [9.17, 15) is 19.8 Å². The lowest BCUT2D eigenvalue weighted by Gasteiger charge is -2.15. The fraction of sp³-hybridized carbons (Fsp3) is 0.333. The molecular formula is C15H15NO5. The minimum absolute atomic E-state index is 0.0696. The minimum Gasteiger partial charge on any atom is -0.479 e. The number of Topliss-reactive ketones (excluding diaryl/α,β-unsaturated/α-hetero) is 1. The normalized spacial score (nSPS) is 17.5. The number of aryl methyl sites for hydroxylation is 1. The number of carbonyl (C=O) groups is 2. The maximum atomic E-state index is 11.9. The maximum Gasteiger partial charge on any atom is 0.335 e. The molecule has 0 aliphatic heterocycles. The van der Waals surface area contributed by atoms with Gasteiger partial charge in [-0.05, 0) is 36.1 Å². The summed E-state index contributed by atoms with van der Waals surface area (Å²) < 4.78 is 0. The number of aliphatic carboxylic acids is 1. The molecule has 1 aliphatic carbocycles. The zero-order valence-electron chi connectivity index (χ0n) is 11.2. The highest BCUT2D eigenvalue weighted by Crippen LogP contribution is 2.31. The first-order valence-electron chi connectivity index (χ1n) is 6.75. The Morgan fingerprint density at radius 1 is 1.24 bits per heavy atom. The Kier molecular flexibility index (Phi) is 3.27. The molecule has 110 valence electrons. The fourth-order valence-electron chi connectivity index (χ4n) is 2.82. The van der Waals surface area contributed by atoms with Gasteiger partial charge in [0, 0.05) is 17.3 Å². The van der Waals surface area contributed by atoms with Gasteiger partial charge in [-0.2, -0.15) is 0 Å². The molecule has 6 heteroatoms. The van der Waals surface area contributed by atoms with Gasteiger partial charge in [-0.1, -0.05) is 6.07 Å². The van der Waals surface area contributed by atoms with Gasteiger partial charge >= 0.3 is 5.97 Å². The number of aliphatic hydroxyl groups is 2. The van der Waals surface area contributed by atoms with Gasteiger partial charge in [0.15, 0.2) is 11.9 Å². The third-order valence-corrected chi connectivity index (χ3v) is 3.93. The van der Waals surface area contributed by atoms with Gasteiger partial charge in [0.2, 0.25) is 0 Å². The van der Waals surface area contributed by atoms with E-state index in [1.807, 2.05) is 0 Å². The number of hydrogen-bond acceptors (Lipinski definition) is 4. The summed E-state index contributed by atoms with van der Waals surface area (Å²) in [5.74, 6) is -1.41. The summed E-state index contributed by atoms with van der Waals surface area (Å²) in [6.45, 7) is 0. The molecule has 2 aromatic rings. The van der Waals surface area contributed by atoms with Crippen LogP contribution >= 0.6 is 0 Å². The van der Waals surface area contributed by atoms with Gasteiger partial charge in [0.25, 0.3) is 0 Å². The molecule has 1 aliphatic rings. The number of carboxylic acid groups (broad SMARTS) is 1. The summed E-state index contributed by atoms with van der Waals surface area (Å²) in [7, 11) is 0. The average Bonchev–Trinajstić information content (AvgIpc) is 2.85. The molecule has 21 heavy (non-hydrogen) atoms. The highest BCUT2D eigenvalue weighted by atomic mass is 16.4. The van der Waals surface area contributed by atoms with Crippen molar-refractivity contribution in [2.45, 2.75) is 31.5 Å². The molecule has 0 saturated carbocycles. The predicted molar refractivity (Wildman–Crippen MR) is 74.2 cm³/mol. The second-order valence-electron chi connectivity index (χ2n) is 5.29. The second kappa shape index (κ2) is 4.98. The van der Waals surface area contributed by atoms with Gasteiger partial charge in [0.1, 0.15) is 6.10 Å². The Bertz CT molecular complexity index is 733. The predicted octanol–water partition coefficient (Wildman–Crippen LogP) is 1.17. The lowest BCUT2D eigenvalue weighted by atomic mass is 9.93. The molecule has 0 fully saturated rings. The van der Waals surface area contributed by atoms with Gasteiger partial charge in [-0.25, -0.2) is 4.79 Å². The molecule has 0 saturated heterocycles. The number of aliphatic hydroxyl groups excluding tert-OH is 2. The number of benzene rings is 1. The van der Waals surface area contributed by atoms with E-state index in [1.165, 1.54) is 0 Å². The number of H-pyrrole nitrogens is 1. The molecule has 6 nitrogen and oxygen atoms in total. The number of nitrogens with one attached hydrogen (secondary N) is 1. The van der Waals surface area contributed by atoms with Crippen LogP contribution in [-0.2, 0) is 11.2 Å². The van der Waals surface area contributed by atoms with E-state index >= 15 is 0 Å². The SMILES string of the molecule is O=C1CCCc2c1[nH]c1ccc(C(O)C(O)C(=O)O)cc21. The Labute approximate surface area is 120 Å². The summed E-state index contributed by atoms with van der Waals surface area (Å²) in [5.41, 5.74) is 2.59. The smallest absolute Gasteiger partial charge is 0.335 e. The minimum atomic E-state index is -1.88. The van der Waals surface area contributed by atoms with E-state index < -0.39 is 18.2 Å². The Morgan fingerprint density at radius 2 is 2.00 bits per heavy atom. The first kappa shape index (κ1) is 13.8. The van der Waals surface area contributed by atoms with Crippen LogP contribution in [0.2, 0.25) is 0 Å². The van der Waals surface area contributed by atoms with Crippen LogP contribution in [0.1, 0.15) is 40.6 Å². The van der Waals surface area contributed by atoms with Crippen LogP contribution in [0.25, 0.3) is 10.9 Å². The van der Waals surface area contributed by atoms with Crippen LogP contribution in [0.5, 0.6) is 0 Å². The number of fused-ring (bicyclic) bond motifs is 3. The Balaban J connectivity index is 2.08. The number of rotatable bonds is 3. The van der Waals surface area contributed by atoms with E-state index in [0.717, 1.165) is 29.3 Å². The van der Waals surface area contributed by atoms with E-state index in [2.05, 4.69) is 4.98 Å². The first-order chi connectivity index (χ1) is 9.99. The largest absolute Gasteiger partial charge is 0.479 e. The molecule has 3 rings (SSSR count). The quantitative estimate of drug-likeness (QED) is 0.678. The Morgan fingerprint density at radius 3 is 2.71 bits per heavy atom. The lowest BCUT2D eigenvalue weighted by Crippen LogP contribution is -2.27. The van der Waals surface area contributed by atoms with Crippen molar-refractivity contribution in [3.63, 3.8) is 0 Å². The summed E-state index contributed by atoms with van der Waals surface area (Å²) in [6.07, 6.45) is -1.31. The number of ketones is 1. The maximum absolute atomic E-state index is 11.9. The first-order valence-corrected chi connectivity index (χ1v) is 6.75. The summed E-state index contributed by atoms with van der Waals surface area (Å²) in [4.78, 5) is 25.7. The summed E-state index contributed by atoms with van der Waals surface area (Å²) >= 11 is 0. The van der Waals surface area contributed by atoms with E-state index in [0.29, 0.717) is 17.7 Å². The van der Waals surface area contributed by atoms with E-state index in [1.54, 1.807) is 18.2 Å². The molecule has 1 aromatic carbocycles. The summed E-state index contributed by atoms with van der Waals surface area (Å²) in [6, 6.07) is 4.87. The fourth-order valence-corrected chi connectivity index (χ4v) is 2.82. The van der Waals surface area contributed by atoms with Crippen molar-refractivity contribution in [2.24, 2.45) is 0 Å². The van der Waals surface area contributed by atoms with Crippen LogP contribution in [0.3, 0.4) is 0 Å². The molecule has 0 spiro atoms. The third-order valence-electron chi connectivity index (χ3n) is 3.93. The van der Waals surface area contributed by atoms with Crippen molar-refractivity contribution in [3.05, 3.63) is 35.0 Å².